The Morgan fingerprint density at radius 2 is 1.88 bits per heavy atom. The summed E-state index contributed by atoms with van der Waals surface area (Å²) in [6.07, 6.45) is 3.43. The van der Waals surface area contributed by atoms with E-state index in [2.05, 4.69) is 19.1 Å². The van der Waals surface area contributed by atoms with Crippen molar-refractivity contribution < 1.29 is 40.9 Å². The smallest absolute Gasteiger partial charge is 1.00 e. The van der Waals surface area contributed by atoms with E-state index in [1.54, 1.807) is 18.2 Å². The van der Waals surface area contributed by atoms with Crippen LogP contribution in [0.3, 0.4) is 0 Å². The van der Waals surface area contributed by atoms with Crippen LogP contribution in [-0.4, -0.2) is 15.9 Å². The first kappa shape index (κ1) is 21.0. The molecule has 0 aliphatic carbocycles. The van der Waals surface area contributed by atoms with Gasteiger partial charge in [0, 0.05) is 0 Å². The average molecular weight is 351 g/mol. The van der Waals surface area contributed by atoms with Crippen molar-refractivity contribution in [2.75, 3.05) is 0 Å². The van der Waals surface area contributed by atoms with E-state index >= 15 is 0 Å². The van der Waals surface area contributed by atoms with Gasteiger partial charge in [-0.1, -0.05) is 68.0 Å². The molecule has 0 fully saturated rings. The number of carboxylic acids is 1. The van der Waals surface area contributed by atoms with E-state index in [0.717, 1.165) is 17.5 Å². The molecule has 2 aromatic carbocycles. The molecule has 0 bridgehead atoms. The number of rotatable bonds is 7. The van der Waals surface area contributed by atoms with Crippen molar-refractivity contribution in [1.29, 1.82) is 0 Å². The molecule has 0 amide bonds. The van der Waals surface area contributed by atoms with Crippen molar-refractivity contribution in [3.8, 4) is 0 Å². The number of hydrogen-bond acceptors (Lipinski definition) is 3. The van der Waals surface area contributed by atoms with Gasteiger partial charge in [0.2, 0.25) is 0 Å². The van der Waals surface area contributed by atoms with Crippen LogP contribution in [0.25, 0.3) is 0 Å². The fourth-order valence-electron chi connectivity index (χ4n) is 2.39. The van der Waals surface area contributed by atoms with Crippen molar-refractivity contribution in [3.05, 3.63) is 70.8 Å². The van der Waals surface area contributed by atoms with Gasteiger partial charge in [-0.3, -0.25) is 4.79 Å². The Morgan fingerprint density at radius 1 is 1.21 bits per heavy atom. The Morgan fingerprint density at radius 3 is 2.46 bits per heavy atom. The molecule has 0 aliphatic heterocycles. The molecule has 24 heavy (non-hydrogen) atoms. The van der Waals surface area contributed by atoms with E-state index in [1.165, 1.54) is 18.4 Å². The molecule has 0 spiro atoms. The van der Waals surface area contributed by atoms with Crippen molar-refractivity contribution >= 4 is 23.1 Å². The first-order valence-electron chi connectivity index (χ1n) is 7.75. The van der Waals surface area contributed by atoms with Gasteiger partial charge < -0.3 is 12.3 Å². The molecule has 0 saturated carbocycles. The quantitative estimate of drug-likeness (QED) is 0.444. The minimum Gasteiger partial charge on any atom is -1.00 e. The maximum Gasteiger partial charge on any atom is 1.00 e. The minimum atomic E-state index is -1.05. The monoisotopic (exact) mass is 351 g/mol. The molecular formula is C19H22NNaO2S. The molecule has 1 atom stereocenters. The van der Waals surface area contributed by atoms with Gasteiger partial charge >= 0.3 is 35.5 Å². The average Bonchev–Trinajstić information content (AvgIpc) is 2.59. The van der Waals surface area contributed by atoms with E-state index in [9.17, 15) is 4.79 Å². The summed E-state index contributed by atoms with van der Waals surface area (Å²) in [5.41, 5.74) is 9.30. The third-order valence-electron chi connectivity index (χ3n) is 3.81. The topological polar surface area (TPSA) is 63.3 Å². The Balaban J connectivity index is 0.00000288. The number of aryl methyl sites for hydroxylation is 1. The summed E-state index contributed by atoms with van der Waals surface area (Å²) in [5, 5.41) is 9.03. The number of hydrogen-bond donors (Lipinski definition) is 2. The number of carbonyl (C=O) groups is 1. The van der Waals surface area contributed by atoms with Gasteiger partial charge in [0.15, 0.2) is 0 Å². The SMILES string of the molecule is CCCCc1ccc(C(=S)c2cccc(C(N)C(=O)O)c2)cc1.[H-].[Na+]. The third kappa shape index (κ3) is 5.50. The third-order valence-corrected chi connectivity index (χ3v) is 4.28. The number of nitrogens with two attached hydrogens (primary N) is 1. The van der Waals surface area contributed by atoms with E-state index < -0.39 is 12.0 Å². The van der Waals surface area contributed by atoms with Crippen LogP contribution in [0, 0.1) is 0 Å². The fourth-order valence-corrected chi connectivity index (χ4v) is 2.65. The first-order chi connectivity index (χ1) is 11.0. The number of benzene rings is 2. The van der Waals surface area contributed by atoms with Crippen LogP contribution in [-0.2, 0) is 11.2 Å². The summed E-state index contributed by atoms with van der Waals surface area (Å²) < 4.78 is 0. The Labute approximate surface area is 172 Å². The normalized spacial score (nSPS) is 11.4. The molecular weight excluding hydrogens is 329 g/mol. The Hall–Kier alpha value is -1.04. The van der Waals surface area contributed by atoms with E-state index in [4.69, 9.17) is 23.1 Å². The van der Waals surface area contributed by atoms with Gasteiger partial charge in [0.05, 0.1) is 4.86 Å². The number of aliphatic carboxylic acids is 1. The summed E-state index contributed by atoms with van der Waals surface area (Å²) in [6, 6.07) is 14.3. The second-order valence-electron chi connectivity index (χ2n) is 5.57. The fraction of sp³-hybridized carbons (Fsp3) is 0.263. The standard InChI is InChI=1S/C19H21NO2S.Na.H/c1-2-3-5-13-8-10-14(11-9-13)18(23)16-7-4-6-15(12-16)17(20)19(21)22;;/h4,6-12,17H,2-3,5,20H2,1H3,(H,21,22);;/q;+1;-1. The molecule has 1 unspecified atom stereocenters. The maximum absolute atomic E-state index is 11.0. The zero-order valence-electron chi connectivity index (χ0n) is 15.2. The van der Waals surface area contributed by atoms with E-state index in [1.807, 2.05) is 18.2 Å². The zero-order valence-corrected chi connectivity index (χ0v) is 17.0. The van der Waals surface area contributed by atoms with Crippen LogP contribution in [0.15, 0.2) is 48.5 Å². The van der Waals surface area contributed by atoms with Gasteiger partial charge in [0.1, 0.15) is 6.04 Å². The Kier molecular flexibility index (Phi) is 8.81. The van der Waals surface area contributed by atoms with Crippen LogP contribution in [0.5, 0.6) is 0 Å². The molecule has 0 saturated heterocycles. The zero-order chi connectivity index (χ0) is 16.8. The van der Waals surface area contributed by atoms with Crippen LogP contribution in [0.1, 0.15) is 49.5 Å². The second-order valence-corrected chi connectivity index (χ2v) is 5.98. The molecule has 3 nitrogen and oxygen atoms in total. The van der Waals surface area contributed by atoms with Crippen LogP contribution in [0.4, 0.5) is 0 Å². The summed E-state index contributed by atoms with van der Waals surface area (Å²) in [6.45, 7) is 2.18. The number of unbranched alkanes of at least 4 members (excludes halogenated alkanes) is 1. The van der Waals surface area contributed by atoms with Crippen LogP contribution in [0.2, 0.25) is 0 Å². The number of thiocarbonyl (C=S) groups is 1. The summed E-state index contributed by atoms with van der Waals surface area (Å²) >= 11 is 5.54. The molecule has 0 aliphatic rings. The molecule has 3 N–H and O–H groups in total. The predicted octanol–water partition coefficient (Wildman–Crippen LogP) is 0.996. The molecule has 5 heteroatoms. The number of carboxylic acid groups (broad SMARTS) is 1. The summed E-state index contributed by atoms with van der Waals surface area (Å²) in [7, 11) is 0. The van der Waals surface area contributed by atoms with Crippen LogP contribution < -0.4 is 35.3 Å². The Bertz CT molecular complexity index is 707. The van der Waals surface area contributed by atoms with E-state index in [0.29, 0.717) is 10.4 Å². The maximum atomic E-state index is 11.0. The molecule has 0 radical (unpaired) electrons. The van der Waals surface area contributed by atoms with Crippen molar-refractivity contribution in [2.24, 2.45) is 5.73 Å². The molecule has 122 valence electrons. The molecule has 2 rings (SSSR count). The van der Waals surface area contributed by atoms with Gasteiger partial charge in [-0.15, -0.1) is 0 Å². The summed E-state index contributed by atoms with van der Waals surface area (Å²) in [4.78, 5) is 11.7. The van der Waals surface area contributed by atoms with Gasteiger partial charge in [-0.25, -0.2) is 0 Å². The van der Waals surface area contributed by atoms with Crippen molar-refractivity contribution in [2.45, 2.75) is 32.2 Å². The van der Waals surface area contributed by atoms with Gasteiger partial charge in [-0.05, 0) is 41.2 Å². The van der Waals surface area contributed by atoms with Crippen LogP contribution >= 0.6 is 12.2 Å². The molecule has 2 aromatic rings. The van der Waals surface area contributed by atoms with Gasteiger partial charge in [-0.2, -0.15) is 0 Å². The largest absolute Gasteiger partial charge is 1.00 e. The molecule has 0 heterocycles. The van der Waals surface area contributed by atoms with Gasteiger partial charge in [0.25, 0.3) is 0 Å². The van der Waals surface area contributed by atoms with Crippen molar-refractivity contribution in [1.82, 2.24) is 0 Å². The van der Waals surface area contributed by atoms with E-state index in [-0.39, 0.29) is 31.0 Å². The van der Waals surface area contributed by atoms with Crippen molar-refractivity contribution in [3.63, 3.8) is 0 Å². The summed E-state index contributed by atoms with van der Waals surface area (Å²) in [5.74, 6) is -1.05. The predicted molar refractivity (Wildman–Crippen MR) is 98.0 cm³/mol. The molecule has 0 aromatic heterocycles. The minimum absolute atomic E-state index is 0. The first-order valence-corrected chi connectivity index (χ1v) is 8.15. The second kappa shape index (κ2) is 10.1.